The minimum Gasteiger partial charge on any atom is -0.383 e. The van der Waals surface area contributed by atoms with E-state index in [-0.39, 0.29) is 12.0 Å². The molecule has 3 N–H and O–H groups in total. The van der Waals surface area contributed by atoms with Crippen molar-refractivity contribution in [3.8, 4) is 0 Å². The lowest BCUT2D eigenvalue weighted by atomic mass is 10.1. The van der Waals surface area contributed by atoms with Gasteiger partial charge in [-0.25, -0.2) is 0 Å². The van der Waals surface area contributed by atoms with Crippen LogP contribution in [-0.2, 0) is 11.2 Å². The predicted molar refractivity (Wildman–Crippen MR) is 60.2 cm³/mol. The van der Waals surface area contributed by atoms with Gasteiger partial charge in [-0.15, -0.1) is 0 Å². The molecule has 0 amide bonds. The second-order valence-electron chi connectivity index (χ2n) is 4.33. The molecule has 0 radical (unpaired) electrons. The van der Waals surface area contributed by atoms with Crippen molar-refractivity contribution in [2.45, 2.75) is 44.3 Å². The summed E-state index contributed by atoms with van der Waals surface area (Å²) in [5, 5.41) is 13.5. The van der Waals surface area contributed by atoms with E-state index in [1.54, 1.807) is 0 Å². The molecule has 2 heterocycles. The van der Waals surface area contributed by atoms with Crippen LogP contribution in [0.3, 0.4) is 0 Å². The van der Waals surface area contributed by atoms with Gasteiger partial charge in [-0.3, -0.25) is 0 Å². The van der Waals surface area contributed by atoms with Gasteiger partial charge in [0.15, 0.2) is 5.82 Å². The highest BCUT2D eigenvalue weighted by Gasteiger charge is 2.20. The van der Waals surface area contributed by atoms with Gasteiger partial charge in [0.2, 0.25) is 0 Å². The molecule has 1 unspecified atom stereocenters. The summed E-state index contributed by atoms with van der Waals surface area (Å²) in [7, 11) is 0. The van der Waals surface area contributed by atoms with Gasteiger partial charge in [-0.1, -0.05) is 5.16 Å². The van der Waals surface area contributed by atoms with Crippen molar-refractivity contribution in [3.63, 3.8) is 0 Å². The van der Waals surface area contributed by atoms with Gasteiger partial charge in [0.25, 0.3) is 5.89 Å². The number of ether oxygens (including phenoxy) is 1. The fourth-order valence-corrected chi connectivity index (χ4v) is 1.94. The average Bonchev–Trinajstić information content (AvgIpc) is 2.79. The number of aliphatic hydroxyl groups excluding tert-OH is 1. The maximum atomic E-state index is 9.63. The number of aliphatic hydroxyl groups is 1. The van der Waals surface area contributed by atoms with Gasteiger partial charge in [0.05, 0.1) is 6.10 Å². The van der Waals surface area contributed by atoms with Crippen LogP contribution in [0.25, 0.3) is 0 Å². The number of nitrogens with two attached hydrogens (primary N) is 1. The summed E-state index contributed by atoms with van der Waals surface area (Å²) in [6.45, 7) is 1.20. The number of hydrogen-bond acceptors (Lipinski definition) is 6. The Morgan fingerprint density at radius 3 is 3.06 bits per heavy atom. The highest BCUT2D eigenvalue weighted by atomic mass is 16.5. The van der Waals surface area contributed by atoms with Crippen LogP contribution in [0.2, 0.25) is 0 Å². The molecule has 0 aliphatic carbocycles. The summed E-state index contributed by atoms with van der Waals surface area (Å²) < 4.78 is 10.6. The van der Waals surface area contributed by atoms with Crippen molar-refractivity contribution >= 4 is 0 Å². The number of aromatic nitrogens is 2. The molecule has 0 spiro atoms. The van der Waals surface area contributed by atoms with Gasteiger partial charge >= 0.3 is 0 Å². The topological polar surface area (TPSA) is 94.4 Å². The largest absolute Gasteiger partial charge is 0.383 e. The minimum atomic E-state index is -0.756. The van der Waals surface area contributed by atoms with E-state index in [2.05, 4.69) is 10.1 Å². The Morgan fingerprint density at radius 1 is 1.47 bits per heavy atom. The van der Waals surface area contributed by atoms with Crippen molar-refractivity contribution in [2.24, 2.45) is 5.73 Å². The van der Waals surface area contributed by atoms with Crippen LogP contribution < -0.4 is 5.73 Å². The van der Waals surface area contributed by atoms with Crippen LogP contribution in [0.4, 0.5) is 0 Å². The van der Waals surface area contributed by atoms with E-state index in [4.69, 9.17) is 15.0 Å². The number of hydrogen-bond donors (Lipinski definition) is 2. The fraction of sp³-hybridized carbons (Fsp3) is 0.818. The first-order chi connectivity index (χ1) is 8.29. The molecule has 1 aromatic heterocycles. The molecule has 96 valence electrons. The Bertz CT molecular complexity index is 336. The Morgan fingerprint density at radius 2 is 2.35 bits per heavy atom. The third kappa shape index (κ3) is 3.49. The van der Waals surface area contributed by atoms with E-state index >= 15 is 0 Å². The van der Waals surface area contributed by atoms with Crippen LogP contribution in [0, 0.1) is 0 Å². The fourth-order valence-electron chi connectivity index (χ4n) is 1.94. The summed E-state index contributed by atoms with van der Waals surface area (Å²) in [6, 6.07) is 0. The zero-order valence-corrected chi connectivity index (χ0v) is 9.84. The van der Waals surface area contributed by atoms with Gasteiger partial charge in [-0.05, 0) is 32.2 Å². The average molecular weight is 241 g/mol. The third-order valence-electron chi connectivity index (χ3n) is 2.89. The molecule has 0 aromatic carbocycles. The number of nitrogens with zero attached hydrogens (tertiary/aromatic N) is 2. The lowest BCUT2D eigenvalue weighted by molar-refractivity contribution is 0.0153. The van der Waals surface area contributed by atoms with E-state index in [9.17, 15) is 5.11 Å². The van der Waals surface area contributed by atoms with Crippen molar-refractivity contribution in [1.29, 1.82) is 0 Å². The lowest BCUT2D eigenvalue weighted by Crippen LogP contribution is -2.21. The highest BCUT2D eigenvalue weighted by Crippen LogP contribution is 2.18. The van der Waals surface area contributed by atoms with Crippen LogP contribution in [-0.4, -0.2) is 34.5 Å². The van der Waals surface area contributed by atoms with Gasteiger partial charge < -0.3 is 20.1 Å². The Hall–Kier alpha value is -0.980. The maximum absolute atomic E-state index is 9.63. The molecule has 1 aliphatic heterocycles. The molecule has 0 bridgehead atoms. The molecule has 1 saturated heterocycles. The second-order valence-corrected chi connectivity index (χ2v) is 4.33. The Labute approximate surface area is 100 Å². The first kappa shape index (κ1) is 12.5. The summed E-state index contributed by atoms with van der Waals surface area (Å²) in [5.41, 5.74) is 5.35. The van der Waals surface area contributed by atoms with Gasteiger partial charge in [0, 0.05) is 13.0 Å². The lowest BCUT2D eigenvalue weighted by Gasteiger charge is -2.20. The predicted octanol–water partition coefficient (Wildman–Crippen LogP) is 0.563. The molecule has 6 heteroatoms. The van der Waals surface area contributed by atoms with Crippen LogP contribution in [0.1, 0.15) is 43.5 Å². The molecule has 2 rings (SSSR count). The van der Waals surface area contributed by atoms with Crippen molar-refractivity contribution in [3.05, 3.63) is 11.7 Å². The first-order valence-electron chi connectivity index (χ1n) is 6.12. The molecule has 1 aromatic rings. The van der Waals surface area contributed by atoms with Gasteiger partial charge in [0.1, 0.15) is 6.10 Å². The summed E-state index contributed by atoms with van der Waals surface area (Å²) in [6.07, 6.45) is 3.86. The van der Waals surface area contributed by atoms with E-state index in [0.29, 0.717) is 25.2 Å². The van der Waals surface area contributed by atoms with Crippen molar-refractivity contribution in [1.82, 2.24) is 10.1 Å². The van der Waals surface area contributed by atoms with Crippen molar-refractivity contribution < 1.29 is 14.4 Å². The molecule has 17 heavy (non-hydrogen) atoms. The SMILES string of the molecule is NCC[C@H](O)c1nc(CC2CCCCO2)no1. The minimum absolute atomic E-state index is 0.181. The highest BCUT2D eigenvalue weighted by molar-refractivity contribution is 4.92. The normalized spacial score (nSPS) is 22.6. The molecule has 1 aliphatic rings. The third-order valence-corrected chi connectivity index (χ3v) is 2.89. The van der Waals surface area contributed by atoms with Gasteiger partial charge in [-0.2, -0.15) is 4.98 Å². The monoisotopic (exact) mass is 241 g/mol. The molecule has 1 fully saturated rings. The zero-order valence-electron chi connectivity index (χ0n) is 9.84. The van der Waals surface area contributed by atoms with Crippen LogP contribution in [0.5, 0.6) is 0 Å². The van der Waals surface area contributed by atoms with E-state index in [1.165, 1.54) is 6.42 Å². The second kappa shape index (κ2) is 6.09. The zero-order chi connectivity index (χ0) is 12.1. The molecular formula is C11H19N3O3. The molecule has 0 saturated carbocycles. The van der Waals surface area contributed by atoms with Crippen LogP contribution >= 0.6 is 0 Å². The Balaban J connectivity index is 1.88. The smallest absolute Gasteiger partial charge is 0.255 e. The summed E-state index contributed by atoms with van der Waals surface area (Å²) >= 11 is 0. The quantitative estimate of drug-likeness (QED) is 0.782. The number of rotatable bonds is 5. The standard InChI is InChI=1S/C11H19N3O3/c12-5-4-9(15)11-13-10(14-17-11)7-8-3-1-2-6-16-8/h8-9,15H,1-7,12H2/t8?,9-/m0/s1. The molecule has 6 nitrogen and oxygen atoms in total. The maximum Gasteiger partial charge on any atom is 0.255 e. The van der Waals surface area contributed by atoms with E-state index in [0.717, 1.165) is 19.4 Å². The van der Waals surface area contributed by atoms with Crippen LogP contribution in [0.15, 0.2) is 4.52 Å². The summed E-state index contributed by atoms with van der Waals surface area (Å²) in [4.78, 5) is 4.16. The Kier molecular flexibility index (Phi) is 4.47. The molecular weight excluding hydrogens is 222 g/mol. The summed E-state index contributed by atoms with van der Waals surface area (Å²) in [5.74, 6) is 0.851. The first-order valence-corrected chi connectivity index (χ1v) is 6.12. The molecule has 2 atom stereocenters. The van der Waals surface area contributed by atoms with Crippen molar-refractivity contribution in [2.75, 3.05) is 13.2 Å². The van der Waals surface area contributed by atoms with E-state index in [1.807, 2.05) is 0 Å². The van der Waals surface area contributed by atoms with E-state index < -0.39 is 6.10 Å².